The van der Waals surface area contributed by atoms with Crippen molar-refractivity contribution in [3.05, 3.63) is 58.6 Å². The Balaban J connectivity index is 1.29. The molecular formula is C22H29N7O2. The molecule has 1 aliphatic heterocycles. The third-order valence-corrected chi connectivity index (χ3v) is 5.19. The number of hydrogen-bond acceptors (Lipinski definition) is 5. The highest BCUT2D eigenvalue weighted by atomic mass is 16.3. The number of fused-ring (bicyclic) bond motifs is 1. The lowest BCUT2D eigenvalue weighted by molar-refractivity contribution is 0.509. The zero-order valence-electron chi connectivity index (χ0n) is 17.9. The van der Waals surface area contributed by atoms with E-state index in [1.807, 2.05) is 41.8 Å². The van der Waals surface area contributed by atoms with Gasteiger partial charge in [-0.05, 0) is 38.3 Å². The molecular weight excluding hydrogens is 394 g/mol. The van der Waals surface area contributed by atoms with E-state index in [0.717, 1.165) is 55.9 Å². The van der Waals surface area contributed by atoms with Crippen LogP contribution < -0.4 is 16.3 Å². The predicted octanol–water partition coefficient (Wildman–Crippen LogP) is 2.18. The van der Waals surface area contributed by atoms with Crippen LogP contribution in [0.5, 0.6) is 0 Å². The zero-order valence-corrected chi connectivity index (χ0v) is 17.9. The number of aliphatic imine (C=N–C) groups is 1. The van der Waals surface area contributed by atoms with Gasteiger partial charge in [-0.1, -0.05) is 18.2 Å². The molecule has 1 aliphatic rings. The zero-order chi connectivity index (χ0) is 21.5. The summed E-state index contributed by atoms with van der Waals surface area (Å²) in [6, 6.07) is 9.80. The number of guanidine groups is 1. The molecule has 3 heterocycles. The van der Waals surface area contributed by atoms with Crippen molar-refractivity contribution in [1.29, 1.82) is 0 Å². The molecule has 0 fully saturated rings. The minimum Gasteiger partial charge on any atom is -0.444 e. The molecule has 0 spiro atoms. The number of oxazole rings is 1. The summed E-state index contributed by atoms with van der Waals surface area (Å²) in [6.45, 7) is 5.27. The molecule has 9 nitrogen and oxygen atoms in total. The molecule has 0 atom stereocenters. The Morgan fingerprint density at radius 1 is 1.23 bits per heavy atom. The molecule has 1 aromatic carbocycles. The van der Waals surface area contributed by atoms with E-state index in [2.05, 4.69) is 25.7 Å². The number of nitrogens with one attached hydrogen (secondary N) is 2. The average molecular weight is 424 g/mol. The van der Waals surface area contributed by atoms with Crippen LogP contribution in [0.2, 0.25) is 0 Å². The molecule has 0 saturated carbocycles. The SMILES string of the molecule is CCNC(=NCc1coc(-c2ccccc2)n1)NCCCn1nc2n(c1=O)CCCC2. The van der Waals surface area contributed by atoms with Crippen LogP contribution in [0.25, 0.3) is 11.5 Å². The summed E-state index contributed by atoms with van der Waals surface area (Å²) in [5.74, 6) is 2.22. The van der Waals surface area contributed by atoms with Crippen molar-refractivity contribution < 1.29 is 4.42 Å². The van der Waals surface area contributed by atoms with Crippen molar-refractivity contribution in [3.8, 4) is 11.5 Å². The number of rotatable bonds is 8. The van der Waals surface area contributed by atoms with Gasteiger partial charge in [-0.15, -0.1) is 0 Å². The fourth-order valence-corrected chi connectivity index (χ4v) is 3.62. The van der Waals surface area contributed by atoms with E-state index in [4.69, 9.17) is 4.42 Å². The van der Waals surface area contributed by atoms with Gasteiger partial charge in [-0.25, -0.2) is 19.5 Å². The minimum atomic E-state index is 0.00975. The molecule has 164 valence electrons. The summed E-state index contributed by atoms with van der Waals surface area (Å²) in [4.78, 5) is 21.5. The Bertz CT molecular complexity index is 1070. The lowest BCUT2D eigenvalue weighted by atomic mass is 10.2. The van der Waals surface area contributed by atoms with Gasteiger partial charge >= 0.3 is 5.69 Å². The van der Waals surface area contributed by atoms with Crippen molar-refractivity contribution in [1.82, 2.24) is 30.0 Å². The summed E-state index contributed by atoms with van der Waals surface area (Å²) in [5, 5.41) is 11.0. The van der Waals surface area contributed by atoms with Crippen LogP contribution >= 0.6 is 0 Å². The van der Waals surface area contributed by atoms with E-state index in [-0.39, 0.29) is 5.69 Å². The Labute approximate surface area is 181 Å². The van der Waals surface area contributed by atoms with Gasteiger partial charge < -0.3 is 15.1 Å². The second-order valence-electron chi connectivity index (χ2n) is 7.52. The summed E-state index contributed by atoms with van der Waals surface area (Å²) in [7, 11) is 0. The first-order valence-corrected chi connectivity index (χ1v) is 10.9. The van der Waals surface area contributed by atoms with Gasteiger partial charge in [0.1, 0.15) is 17.8 Å². The Morgan fingerprint density at radius 3 is 2.90 bits per heavy atom. The highest BCUT2D eigenvalue weighted by Gasteiger charge is 2.16. The first-order valence-electron chi connectivity index (χ1n) is 10.9. The Morgan fingerprint density at radius 2 is 2.10 bits per heavy atom. The van der Waals surface area contributed by atoms with E-state index in [0.29, 0.717) is 31.5 Å². The lowest BCUT2D eigenvalue weighted by Crippen LogP contribution is -2.38. The predicted molar refractivity (Wildman–Crippen MR) is 119 cm³/mol. The quantitative estimate of drug-likeness (QED) is 0.327. The fraction of sp³-hybridized carbons (Fsp3) is 0.455. The smallest absolute Gasteiger partial charge is 0.345 e. The van der Waals surface area contributed by atoms with Gasteiger partial charge in [0.2, 0.25) is 5.89 Å². The number of nitrogens with zero attached hydrogens (tertiary/aromatic N) is 5. The molecule has 0 bridgehead atoms. The largest absolute Gasteiger partial charge is 0.444 e. The van der Waals surface area contributed by atoms with Crippen molar-refractivity contribution in [2.75, 3.05) is 13.1 Å². The van der Waals surface area contributed by atoms with Crippen LogP contribution in [-0.2, 0) is 26.1 Å². The van der Waals surface area contributed by atoms with Crippen LogP contribution in [0, 0.1) is 0 Å². The van der Waals surface area contributed by atoms with Gasteiger partial charge in [0, 0.05) is 38.2 Å². The monoisotopic (exact) mass is 423 g/mol. The number of hydrogen-bond donors (Lipinski definition) is 2. The number of benzene rings is 1. The summed E-state index contributed by atoms with van der Waals surface area (Å²) >= 11 is 0. The first-order chi connectivity index (χ1) is 15.2. The van der Waals surface area contributed by atoms with Crippen LogP contribution in [0.4, 0.5) is 0 Å². The highest BCUT2D eigenvalue weighted by Crippen LogP contribution is 2.18. The van der Waals surface area contributed by atoms with E-state index in [9.17, 15) is 4.79 Å². The molecule has 0 unspecified atom stereocenters. The van der Waals surface area contributed by atoms with Gasteiger partial charge in [-0.2, -0.15) is 5.10 Å². The lowest BCUT2D eigenvalue weighted by Gasteiger charge is -2.10. The summed E-state index contributed by atoms with van der Waals surface area (Å²) < 4.78 is 8.97. The maximum atomic E-state index is 12.4. The van der Waals surface area contributed by atoms with Gasteiger partial charge in [0.15, 0.2) is 5.96 Å². The van der Waals surface area contributed by atoms with Gasteiger partial charge in [0.25, 0.3) is 0 Å². The van der Waals surface area contributed by atoms with Crippen molar-refractivity contribution in [3.63, 3.8) is 0 Å². The third kappa shape index (κ3) is 5.22. The molecule has 0 aliphatic carbocycles. The minimum absolute atomic E-state index is 0.00975. The van der Waals surface area contributed by atoms with Crippen molar-refractivity contribution in [2.45, 2.75) is 52.2 Å². The average Bonchev–Trinajstić information content (AvgIpc) is 3.40. The van der Waals surface area contributed by atoms with E-state index < -0.39 is 0 Å². The van der Waals surface area contributed by atoms with Crippen LogP contribution in [0.1, 0.15) is 37.7 Å². The molecule has 31 heavy (non-hydrogen) atoms. The third-order valence-electron chi connectivity index (χ3n) is 5.19. The van der Waals surface area contributed by atoms with Crippen LogP contribution in [0.15, 0.2) is 50.8 Å². The second kappa shape index (κ2) is 10.1. The number of aryl methyl sites for hydroxylation is 2. The van der Waals surface area contributed by atoms with Crippen molar-refractivity contribution in [2.24, 2.45) is 4.99 Å². The summed E-state index contributed by atoms with van der Waals surface area (Å²) in [6.07, 6.45) is 5.48. The first kappa shape index (κ1) is 20.9. The molecule has 9 heteroatoms. The molecule has 2 aromatic heterocycles. The molecule has 2 N–H and O–H groups in total. The maximum absolute atomic E-state index is 12.4. The van der Waals surface area contributed by atoms with E-state index in [1.54, 1.807) is 10.9 Å². The molecule has 0 saturated heterocycles. The molecule has 0 amide bonds. The van der Waals surface area contributed by atoms with E-state index in [1.165, 1.54) is 0 Å². The van der Waals surface area contributed by atoms with Gasteiger partial charge in [-0.3, -0.25) is 4.57 Å². The van der Waals surface area contributed by atoms with E-state index >= 15 is 0 Å². The molecule has 4 rings (SSSR count). The topological polar surface area (TPSA) is 102 Å². The van der Waals surface area contributed by atoms with Gasteiger partial charge in [0.05, 0.1) is 6.54 Å². The Hall–Kier alpha value is -3.36. The molecule has 0 radical (unpaired) electrons. The Kier molecular flexibility index (Phi) is 6.81. The van der Waals surface area contributed by atoms with Crippen molar-refractivity contribution >= 4 is 5.96 Å². The number of aromatic nitrogens is 4. The normalized spacial score (nSPS) is 13.8. The molecule has 3 aromatic rings. The van der Waals surface area contributed by atoms with Crippen LogP contribution in [0.3, 0.4) is 0 Å². The maximum Gasteiger partial charge on any atom is 0.345 e. The standard InChI is InChI=1S/C22H29N7O2/c1-2-23-21(25-15-18-16-31-20(26-18)17-9-4-3-5-10-17)24-12-8-14-29-22(30)28-13-7-6-11-19(28)27-29/h3-5,9-10,16H,2,6-8,11-15H2,1H3,(H2,23,24,25). The fourth-order valence-electron chi connectivity index (χ4n) is 3.62. The summed E-state index contributed by atoms with van der Waals surface area (Å²) in [5.41, 5.74) is 1.72. The second-order valence-corrected chi connectivity index (χ2v) is 7.52. The van der Waals surface area contributed by atoms with Crippen LogP contribution in [-0.4, -0.2) is 38.4 Å². The highest BCUT2D eigenvalue weighted by molar-refractivity contribution is 5.79.